The number of fused-ring (bicyclic) bond motifs is 2. The second-order valence-corrected chi connectivity index (χ2v) is 16.6. The lowest BCUT2D eigenvalue weighted by atomic mass is 9.45. The number of methoxy groups -OCH3 is 1. The maximum atomic E-state index is 14.2. The fourth-order valence-corrected chi connectivity index (χ4v) is 9.10. The second kappa shape index (κ2) is 16.8. The standard InChI is InChI=1S/C41H63N7O6/c1-24-32-20-29(41(32,3)4)21-33(24)44-39(52)36-35(25(2)50)34(23-49)54-48(36)22-26-13-12-14-31(37(26)53-11)27-17-28(19-30(18-27)45(5)6)38(51)42-15-16-43-40(46(7)8)47(9)10/h12-14,17-19,24-25,29,32-36,49-50H,15-16,20-23H2,1-11H3,(H,42,51)(H,44,52)/t24-,25-,29-,32-,33-,34-,35-,36-/m0/s1. The van der Waals surface area contributed by atoms with Crippen molar-refractivity contribution in [2.24, 2.45) is 34.1 Å². The molecule has 8 atom stereocenters. The highest BCUT2D eigenvalue weighted by Crippen LogP contribution is 2.61. The molecule has 0 unspecified atom stereocenters. The average molecular weight is 750 g/mol. The van der Waals surface area contributed by atoms with Crippen molar-refractivity contribution < 1.29 is 29.4 Å². The van der Waals surface area contributed by atoms with Gasteiger partial charge in [0.25, 0.3) is 5.91 Å². The highest BCUT2D eigenvalue weighted by molar-refractivity contribution is 5.97. The Morgan fingerprint density at radius 3 is 2.37 bits per heavy atom. The Bertz CT molecular complexity index is 1670. The molecule has 0 spiro atoms. The molecule has 0 aromatic heterocycles. The third-order valence-corrected chi connectivity index (χ3v) is 12.1. The summed E-state index contributed by atoms with van der Waals surface area (Å²) in [6.07, 6.45) is 0.467. The Hall–Kier alpha value is -3.91. The number of aliphatic imine (C=N–C) groups is 1. The van der Waals surface area contributed by atoms with E-state index in [1.165, 1.54) is 6.42 Å². The summed E-state index contributed by atoms with van der Waals surface area (Å²) in [5.41, 5.74) is 3.92. The lowest BCUT2D eigenvalue weighted by Gasteiger charge is -2.62. The highest BCUT2D eigenvalue weighted by atomic mass is 16.7. The van der Waals surface area contributed by atoms with Crippen LogP contribution in [0.5, 0.6) is 5.75 Å². The fraction of sp³-hybridized carbons (Fsp3) is 0.634. The molecule has 0 radical (unpaired) electrons. The Morgan fingerprint density at radius 1 is 1.09 bits per heavy atom. The summed E-state index contributed by atoms with van der Waals surface area (Å²) in [6, 6.07) is 10.7. The van der Waals surface area contributed by atoms with Gasteiger partial charge in [-0.25, -0.2) is 0 Å². The van der Waals surface area contributed by atoms with Gasteiger partial charge in [-0.1, -0.05) is 39.0 Å². The van der Waals surface area contributed by atoms with Gasteiger partial charge in [0.1, 0.15) is 17.9 Å². The quantitative estimate of drug-likeness (QED) is 0.137. The normalized spacial score (nSPS) is 26.3. The molecule has 1 aliphatic heterocycles. The second-order valence-electron chi connectivity index (χ2n) is 16.6. The van der Waals surface area contributed by atoms with Gasteiger partial charge < -0.3 is 40.3 Å². The number of carbonyl (C=O) groups is 2. The van der Waals surface area contributed by atoms with Crippen LogP contribution < -0.4 is 20.3 Å². The first kappa shape index (κ1) is 41.3. The fourth-order valence-electron chi connectivity index (χ4n) is 9.10. The van der Waals surface area contributed by atoms with Crippen molar-refractivity contribution in [3.63, 3.8) is 0 Å². The number of hydrogen-bond acceptors (Lipinski definition) is 9. The number of rotatable bonds is 13. The lowest BCUT2D eigenvalue weighted by Crippen LogP contribution is -2.62. The summed E-state index contributed by atoms with van der Waals surface area (Å²) in [5.74, 6) is 1.77. The van der Waals surface area contributed by atoms with Crippen LogP contribution in [0.3, 0.4) is 0 Å². The van der Waals surface area contributed by atoms with Gasteiger partial charge in [-0.3, -0.25) is 19.4 Å². The third kappa shape index (κ3) is 8.34. The SMILES string of the molecule is COc1c(CN2O[C@@H](CO)[C@H]([C@H](C)O)[C@H]2C(=O)N[C@H]2C[C@@H]3C[C@@H]([C@@H]2C)C3(C)C)cccc1-c1cc(C(=O)NCCN=C(N(C)C)N(C)C)cc(N(C)C)c1. The molecule has 3 saturated carbocycles. The van der Waals surface area contributed by atoms with Gasteiger partial charge in [-0.05, 0) is 66.7 Å². The van der Waals surface area contributed by atoms with E-state index in [1.807, 2.05) is 93.4 Å². The Labute approximate surface area is 321 Å². The van der Waals surface area contributed by atoms with Crippen molar-refractivity contribution >= 4 is 23.5 Å². The first-order valence-corrected chi connectivity index (χ1v) is 19.2. The molecule has 2 aromatic carbocycles. The van der Waals surface area contributed by atoms with Gasteiger partial charge >= 0.3 is 0 Å². The van der Waals surface area contributed by atoms with Gasteiger partial charge in [0.2, 0.25) is 5.91 Å². The van der Waals surface area contributed by atoms with Gasteiger partial charge in [0.15, 0.2) is 5.96 Å². The van der Waals surface area contributed by atoms with Crippen LogP contribution in [0.15, 0.2) is 41.4 Å². The number of para-hydroxylation sites is 1. The van der Waals surface area contributed by atoms with Crippen LogP contribution in [0.2, 0.25) is 0 Å². The van der Waals surface area contributed by atoms with Crippen LogP contribution in [0.4, 0.5) is 5.69 Å². The minimum atomic E-state index is -0.902. The van der Waals surface area contributed by atoms with E-state index in [9.17, 15) is 19.8 Å². The molecule has 4 aliphatic rings. The van der Waals surface area contributed by atoms with E-state index in [4.69, 9.17) is 9.57 Å². The largest absolute Gasteiger partial charge is 0.496 e. The summed E-state index contributed by atoms with van der Waals surface area (Å²) < 4.78 is 6.06. The lowest BCUT2D eigenvalue weighted by molar-refractivity contribution is -0.183. The zero-order chi connectivity index (χ0) is 39.6. The molecule has 1 heterocycles. The molecule has 13 nitrogen and oxygen atoms in total. The zero-order valence-corrected chi connectivity index (χ0v) is 34.1. The molecule has 54 heavy (non-hydrogen) atoms. The number of aliphatic hydroxyl groups is 2. The summed E-state index contributed by atoms with van der Waals surface area (Å²) in [5, 5.41) is 29.2. The van der Waals surface area contributed by atoms with Gasteiger partial charge in [-0.2, -0.15) is 5.06 Å². The number of anilines is 1. The van der Waals surface area contributed by atoms with Gasteiger partial charge in [-0.15, -0.1) is 0 Å². The van der Waals surface area contributed by atoms with Crippen LogP contribution >= 0.6 is 0 Å². The average Bonchev–Trinajstić information content (AvgIpc) is 3.50. The highest BCUT2D eigenvalue weighted by Gasteiger charge is 2.57. The molecular formula is C41H63N7O6. The van der Waals surface area contributed by atoms with E-state index in [2.05, 4.69) is 36.4 Å². The number of amides is 2. The first-order chi connectivity index (χ1) is 25.5. The van der Waals surface area contributed by atoms with Crippen LogP contribution in [0.25, 0.3) is 11.1 Å². The zero-order valence-electron chi connectivity index (χ0n) is 34.1. The van der Waals surface area contributed by atoms with Crippen LogP contribution in [0, 0.1) is 29.1 Å². The van der Waals surface area contributed by atoms with E-state index in [0.29, 0.717) is 42.2 Å². The number of hydroxylamine groups is 2. The van der Waals surface area contributed by atoms with Crippen molar-refractivity contribution in [1.29, 1.82) is 0 Å². The van der Waals surface area contributed by atoms with Crippen molar-refractivity contribution in [2.75, 3.05) is 74.0 Å². The minimum absolute atomic E-state index is 0.0356. The number of nitrogens with one attached hydrogen (secondary N) is 2. The first-order valence-electron chi connectivity index (χ1n) is 19.2. The number of hydrogen-bond donors (Lipinski definition) is 4. The number of guanidine groups is 1. The van der Waals surface area contributed by atoms with Crippen molar-refractivity contribution in [1.82, 2.24) is 25.5 Å². The molecule has 2 aromatic rings. The smallest absolute Gasteiger partial charge is 0.251 e. The molecule has 3 aliphatic carbocycles. The Kier molecular flexibility index (Phi) is 12.9. The summed E-state index contributed by atoms with van der Waals surface area (Å²) in [6.45, 7) is 9.17. The molecule has 4 N–H and O–H groups in total. The number of benzene rings is 2. The summed E-state index contributed by atoms with van der Waals surface area (Å²) >= 11 is 0. The maximum absolute atomic E-state index is 14.2. The van der Waals surface area contributed by atoms with Crippen molar-refractivity contribution in [2.45, 2.75) is 71.4 Å². The summed E-state index contributed by atoms with van der Waals surface area (Å²) in [4.78, 5) is 44.4. The molecule has 6 rings (SSSR count). The van der Waals surface area contributed by atoms with E-state index < -0.39 is 24.2 Å². The summed E-state index contributed by atoms with van der Waals surface area (Å²) in [7, 11) is 13.2. The van der Waals surface area contributed by atoms with E-state index in [-0.39, 0.29) is 36.4 Å². The molecule has 4 fully saturated rings. The molecule has 1 saturated heterocycles. The molecule has 2 amide bonds. The number of ether oxygens (including phenoxy) is 1. The predicted octanol–water partition coefficient (Wildman–Crippen LogP) is 3.30. The van der Waals surface area contributed by atoms with Crippen LogP contribution in [-0.4, -0.2) is 136 Å². The van der Waals surface area contributed by atoms with Crippen molar-refractivity contribution in [3.8, 4) is 16.9 Å². The molecule has 13 heteroatoms. The van der Waals surface area contributed by atoms with Gasteiger partial charge in [0.05, 0.1) is 32.9 Å². The van der Waals surface area contributed by atoms with Crippen molar-refractivity contribution in [3.05, 3.63) is 47.5 Å². The Balaban J connectivity index is 1.41. The predicted molar refractivity (Wildman–Crippen MR) is 212 cm³/mol. The van der Waals surface area contributed by atoms with E-state index >= 15 is 0 Å². The number of carbonyl (C=O) groups excluding carboxylic acids is 2. The van der Waals surface area contributed by atoms with Gasteiger partial charge in [0, 0.05) is 83.2 Å². The molecular weight excluding hydrogens is 686 g/mol. The van der Waals surface area contributed by atoms with E-state index in [0.717, 1.165) is 34.8 Å². The molecule has 298 valence electrons. The third-order valence-electron chi connectivity index (χ3n) is 12.1. The molecule has 2 bridgehead atoms. The number of aliphatic hydroxyl groups excluding tert-OH is 2. The number of nitrogens with zero attached hydrogens (tertiary/aromatic N) is 5. The van der Waals surface area contributed by atoms with Crippen LogP contribution in [-0.2, 0) is 16.2 Å². The van der Waals surface area contributed by atoms with Crippen LogP contribution in [0.1, 0.15) is 56.5 Å². The van der Waals surface area contributed by atoms with E-state index in [1.54, 1.807) is 19.1 Å². The topological polar surface area (TPSA) is 142 Å². The maximum Gasteiger partial charge on any atom is 0.251 e. The minimum Gasteiger partial charge on any atom is -0.496 e. The Morgan fingerprint density at radius 2 is 1.80 bits per heavy atom. The monoisotopic (exact) mass is 749 g/mol.